The molecular formula is C11H20N2O3. The largest absolute Gasteiger partial charge is 0.351 e. The molecule has 0 aliphatic carbocycles. The Kier molecular flexibility index (Phi) is 4.89. The van der Waals surface area contributed by atoms with Crippen molar-refractivity contribution in [3.63, 3.8) is 0 Å². The molecule has 92 valence electrons. The number of hydrogen-bond donors (Lipinski definition) is 0. The van der Waals surface area contributed by atoms with Gasteiger partial charge in [0.1, 0.15) is 18.6 Å². The van der Waals surface area contributed by atoms with E-state index in [0.29, 0.717) is 0 Å². The van der Waals surface area contributed by atoms with Crippen LogP contribution in [0.25, 0.3) is 0 Å². The molecule has 0 saturated carbocycles. The van der Waals surface area contributed by atoms with E-state index >= 15 is 0 Å². The molecule has 0 aromatic carbocycles. The molecule has 1 fully saturated rings. The smallest absolute Gasteiger partial charge is 0.210 e. The van der Waals surface area contributed by atoms with Crippen LogP contribution in [0, 0.1) is 0 Å². The molecule has 0 aromatic heterocycles. The lowest BCUT2D eigenvalue weighted by atomic mass is 10.2. The van der Waals surface area contributed by atoms with E-state index in [2.05, 4.69) is 0 Å². The highest BCUT2D eigenvalue weighted by Gasteiger charge is 2.33. The number of carbonyl (C=O) groups is 2. The molecule has 1 amide bonds. The van der Waals surface area contributed by atoms with Crippen LogP contribution in [0.4, 0.5) is 0 Å². The van der Waals surface area contributed by atoms with Crippen molar-refractivity contribution in [2.45, 2.75) is 38.1 Å². The lowest BCUT2D eigenvalue weighted by molar-refractivity contribution is -0.141. The minimum absolute atomic E-state index is 0.0508. The van der Waals surface area contributed by atoms with Crippen LogP contribution in [0.1, 0.15) is 19.8 Å². The standard InChI is InChI=1S/C11H20N2O3/c1-9(7-14)16-11(12(2)3)10-5-4-6-13(10)8-15/h7-11H,4-6H2,1-3H3. The van der Waals surface area contributed by atoms with Gasteiger partial charge < -0.3 is 14.4 Å². The minimum atomic E-state index is -0.443. The summed E-state index contributed by atoms with van der Waals surface area (Å²) in [7, 11) is 3.78. The van der Waals surface area contributed by atoms with E-state index in [1.165, 1.54) is 0 Å². The molecule has 0 aromatic rings. The Morgan fingerprint density at radius 2 is 2.12 bits per heavy atom. The number of likely N-dealkylation sites (N-methyl/N-ethyl adjacent to an activating group) is 1. The number of amides is 1. The Bertz CT molecular complexity index is 245. The first-order chi connectivity index (χ1) is 7.60. The summed E-state index contributed by atoms with van der Waals surface area (Å²) in [5.41, 5.74) is 0. The van der Waals surface area contributed by atoms with Gasteiger partial charge in [0.25, 0.3) is 0 Å². The van der Waals surface area contributed by atoms with Gasteiger partial charge in [-0.25, -0.2) is 0 Å². The fraction of sp³-hybridized carbons (Fsp3) is 0.818. The molecule has 1 heterocycles. The van der Waals surface area contributed by atoms with Crippen LogP contribution >= 0.6 is 0 Å². The van der Waals surface area contributed by atoms with Crippen molar-refractivity contribution in [2.75, 3.05) is 20.6 Å². The second-order valence-corrected chi connectivity index (χ2v) is 4.38. The third-order valence-electron chi connectivity index (χ3n) is 2.86. The fourth-order valence-corrected chi connectivity index (χ4v) is 2.06. The predicted molar refractivity (Wildman–Crippen MR) is 59.9 cm³/mol. The van der Waals surface area contributed by atoms with Gasteiger partial charge in [-0.15, -0.1) is 0 Å². The molecule has 0 bridgehead atoms. The number of carbonyl (C=O) groups excluding carboxylic acids is 2. The highest BCUT2D eigenvalue weighted by Crippen LogP contribution is 2.22. The zero-order chi connectivity index (χ0) is 12.1. The molecule has 5 heteroatoms. The molecule has 1 saturated heterocycles. The van der Waals surface area contributed by atoms with Gasteiger partial charge in [0.05, 0.1) is 6.04 Å². The van der Waals surface area contributed by atoms with Crippen LogP contribution in [0.2, 0.25) is 0 Å². The number of ether oxygens (including phenoxy) is 1. The number of rotatable bonds is 6. The maximum Gasteiger partial charge on any atom is 0.210 e. The van der Waals surface area contributed by atoms with Crippen LogP contribution in [-0.2, 0) is 14.3 Å². The SMILES string of the molecule is CC(C=O)OC(C1CCCN1C=O)N(C)C. The van der Waals surface area contributed by atoms with Gasteiger partial charge in [0, 0.05) is 6.54 Å². The lowest BCUT2D eigenvalue weighted by Crippen LogP contribution is -2.49. The molecule has 1 aliphatic rings. The van der Waals surface area contributed by atoms with E-state index in [9.17, 15) is 9.59 Å². The average molecular weight is 228 g/mol. The van der Waals surface area contributed by atoms with Crippen LogP contribution in [0.3, 0.4) is 0 Å². The van der Waals surface area contributed by atoms with Crippen molar-refractivity contribution in [3.8, 4) is 0 Å². The third-order valence-corrected chi connectivity index (χ3v) is 2.86. The van der Waals surface area contributed by atoms with Crippen molar-refractivity contribution < 1.29 is 14.3 Å². The minimum Gasteiger partial charge on any atom is -0.351 e. The van der Waals surface area contributed by atoms with Gasteiger partial charge in [-0.3, -0.25) is 9.69 Å². The van der Waals surface area contributed by atoms with Gasteiger partial charge in [0.15, 0.2) is 0 Å². The van der Waals surface area contributed by atoms with E-state index in [4.69, 9.17) is 4.74 Å². The van der Waals surface area contributed by atoms with Crippen molar-refractivity contribution in [2.24, 2.45) is 0 Å². The fourth-order valence-electron chi connectivity index (χ4n) is 2.06. The van der Waals surface area contributed by atoms with Crippen molar-refractivity contribution in [1.29, 1.82) is 0 Å². The van der Waals surface area contributed by atoms with E-state index in [-0.39, 0.29) is 12.3 Å². The highest BCUT2D eigenvalue weighted by molar-refractivity contribution is 5.55. The summed E-state index contributed by atoms with van der Waals surface area (Å²) in [6.07, 6.45) is 2.90. The molecule has 16 heavy (non-hydrogen) atoms. The molecule has 1 rings (SSSR count). The molecule has 5 nitrogen and oxygen atoms in total. The quantitative estimate of drug-likeness (QED) is 0.478. The first kappa shape index (κ1) is 13.1. The van der Waals surface area contributed by atoms with Crippen LogP contribution in [-0.4, -0.2) is 61.5 Å². The Morgan fingerprint density at radius 1 is 1.44 bits per heavy atom. The molecule has 0 spiro atoms. The predicted octanol–water partition coefficient (Wildman–Crippen LogP) is 0.0989. The van der Waals surface area contributed by atoms with Gasteiger partial charge >= 0.3 is 0 Å². The van der Waals surface area contributed by atoms with Crippen molar-refractivity contribution in [3.05, 3.63) is 0 Å². The number of hydrogen-bond acceptors (Lipinski definition) is 4. The average Bonchev–Trinajstić information content (AvgIpc) is 2.72. The van der Waals surface area contributed by atoms with Crippen LogP contribution in [0.5, 0.6) is 0 Å². The van der Waals surface area contributed by atoms with Crippen LogP contribution < -0.4 is 0 Å². The Labute approximate surface area is 96.3 Å². The first-order valence-electron chi connectivity index (χ1n) is 5.58. The zero-order valence-corrected chi connectivity index (χ0v) is 10.1. The number of aldehydes is 1. The second-order valence-electron chi connectivity index (χ2n) is 4.38. The van der Waals surface area contributed by atoms with Gasteiger partial charge in [-0.1, -0.05) is 0 Å². The summed E-state index contributed by atoms with van der Waals surface area (Å²) in [6, 6.07) is 0.0508. The zero-order valence-electron chi connectivity index (χ0n) is 10.1. The summed E-state index contributed by atoms with van der Waals surface area (Å²) in [4.78, 5) is 25.1. The molecule has 3 atom stereocenters. The summed E-state index contributed by atoms with van der Waals surface area (Å²) >= 11 is 0. The van der Waals surface area contributed by atoms with E-state index in [0.717, 1.165) is 32.1 Å². The van der Waals surface area contributed by atoms with E-state index in [1.54, 1.807) is 11.8 Å². The summed E-state index contributed by atoms with van der Waals surface area (Å²) < 4.78 is 5.63. The molecule has 3 unspecified atom stereocenters. The Hall–Kier alpha value is -0.940. The Balaban J connectivity index is 2.68. The Morgan fingerprint density at radius 3 is 2.62 bits per heavy atom. The van der Waals surface area contributed by atoms with E-state index in [1.807, 2.05) is 19.0 Å². The number of likely N-dealkylation sites (tertiary alicyclic amines) is 1. The summed E-state index contributed by atoms with van der Waals surface area (Å²) in [5, 5.41) is 0. The maximum atomic E-state index is 10.9. The molecule has 0 radical (unpaired) electrons. The molecular weight excluding hydrogens is 208 g/mol. The molecule has 1 aliphatic heterocycles. The van der Waals surface area contributed by atoms with E-state index < -0.39 is 6.10 Å². The lowest BCUT2D eigenvalue weighted by Gasteiger charge is -2.34. The highest BCUT2D eigenvalue weighted by atomic mass is 16.5. The normalized spacial score (nSPS) is 24.5. The summed E-state index contributed by atoms with van der Waals surface area (Å²) in [5.74, 6) is 0. The molecule has 0 N–H and O–H groups in total. The van der Waals surface area contributed by atoms with Gasteiger partial charge in [0.2, 0.25) is 6.41 Å². The van der Waals surface area contributed by atoms with Crippen LogP contribution in [0.15, 0.2) is 0 Å². The maximum absolute atomic E-state index is 10.9. The second kappa shape index (κ2) is 5.96. The monoisotopic (exact) mass is 228 g/mol. The topological polar surface area (TPSA) is 49.9 Å². The third kappa shape index (κ3) is 3.02. The van der Waals surface area contributed by atoms with Gasteiger partial charge in [-0.05, 0) is 33.9 Å². The first-order valence-corrected chi connectivity index (χ1v) is 5.58. The van der Waals surface area contributed by atoms with Crippen molar-refractivity contribution >= 4 is 12.7 Å². The number of nitrogens with zero attached hydrogens (tertiary/aromatic N) is 2. The van der Waals surface area contributed by atoms with Crippen molar-refractivity contribution in [1.82, 2.24) is 9.80 Å². The van der Waals surface area contributed by atoms with Gasteiger partial charge in [-0.2, -0.15) is 0 Å². The summed E-state index contributed by atoms with van der Waals surface area (Å²) in [6.45, 7) is 2.49.